The van der Waals surface area contributed by atoms with Gasteiger partial charge in [-0.3, -0.25) is 20.0 Å². The van der Waals surface area contributed by atoms with Crippen molar-refractivity contribution in [1.29, 1.82) is 0 Å². The van der Waals surface area contributed by atoms with Gasteiger partial charge in [0.1, 0.15) is 6.54 Å². The maximum Gasteiger partial charge on any atom is 0.325 e. The van der Waals surface area contributed by atoms with Crippen molar-refractivity contribution in [2.45, 2.75) is 20.3 Å². The van der Waals surface area contributed by atoms with Crippen LogP contribution in [0.1, 0.15) is 20.3 Å². The van der Waals surface area contributed by atoms with Gasteiger partial charge in [-0.1, -0.05) is 13.0 Å². The topological polar surface area (TPSA) is 69.6 Å². The molecule has 0 unspecified atom stereocenters. The van der Waals surface area contributed by atoms with Crippen molar-refractivity contribution in [1.82, 2.24) is 10.4 Å². The molecule has 0 radical (unpaired) electrons. The van der Waals surface area contributed by atoms with E-state index in [2.05, 4.69) is 5.43 Å². The number of carbonyl (C=O) groups is 2. The van der Waals surface area contributed by atoms with Crippen LogP contribution in [0.15, 0.2) is 12.3 Å². The molecule has 1 amide bonds. The molecule has 13 heavy (non-hydrogen) atoms. The van der Waals surface area contributed by atoms with Crippen LogP contribution < -0.4 is 5.43 Å². The monoisotopic (exact) mass is 186 g/mol. The van der Waals surface area contributed by atoms with Gasteiger partial charge in [-0.15, -0.1) is 0 Å². The van der Waals surface area contributed by atoms with E-state index in [4.69, 9.17) is 5.11 Å². The van der Waals surface area contributed by atoms with E-state index in [-0.39, 0.29) is 12.5 Å². The SMILES string of the molecule is CCC=CN(CC(=O)O)NC(C)=O. The summed E-state index contributed by atoms with van der Waals surface area (Å²) in [6.45, 7) is 3.01. The lowest BCUT2D eigenvalue weighted by Gasteiger charge is -2.17. The first-order chi connectivity index (χ1) is 6.06. The molecule has 0 aliphatic carbocycles. The minimum absolute atomic E-state index is 0.240. The average molecular weight is 186 g/mol. The van der Waals surface area contributed by atoms with Crippen LogP contribution in [0.4, 0.5) is 0 Å². The van der Waals surface area contributed by atoms with Crippen LogP contribution >= 0.6 is 0 Å². The fourth-order valence-corrected chi connectivity index (χ4v) is 0.710. The first-order valence-electron chi connectivity index (χ1n) is 3.98. The van der Waals surface area contributed by atoms with E-state index >= 15 is 0 Å². The van der Waals surface area contributed by atoms with Gasteiger partial charge in [0.05, 0.1) is 0 Å². The number of carbonyl (C=O) groups excluding carboxylic acids is 1. The highest BCUT2D eigenvalue weighted by molar-refractivity contribution is 5.74. The summed E-state index contributed by atoms with van der Waals surface area (Å²) in [5, 5.41) is 9.70. The second-order valence-corrected chi connectivity index (χ2v) is 2.48. The van der Waals surface area contributed by atoms with E-state index < -0.39 is 5.97 Å². The molecule has 0 spiro atoms. The zero-order valence-electron chi connectivity index (χ0n) is 7.78. The van der Waals surface area contributed by atoms with Gasteiger partial charge in [-0.2, -0.15) is 0 Å². The van der Waals surface area contributed by atoms with Gasteiger partial charge in [0, 0.05) is 13.1 Å². The molecule has 0 aromatic heterocycles. The van der Waals surface area contributed by atoms with E-state index in [1.165, 1.54) is 18.1 Å². The number of allylic oxidation sites excluding steroid dienone is 1. The number of rotatable bonds is 5. The lowest BCUT2D eigenvalue weighted by Crippen LogP contribution is -2.40. The Balaban J connectivity index is 4.10. The molecule has 0 rings (SSSR count). The van der Waals surface area contributed by atoms with E-state index in [1.54, 1.807) is 6.08 Å². The van der Waals surface area contributed by atoms with E-state index in [9.17, 15) is 9.59 Å². The molecule has 74 valence electrons. The largest absolute Gasteiger partial charge is 0.480 e. The molecule has 0 saturated heterocycles. The van der Waals surface area contributed by atoms with Crippen molar-refractivity contribution in [3.8, 4) is 0 Å². The van der Waals surface area contributed by atoms with Gasteiger partial charge < -0.3 is 5.11 Å². The highest BCUT2D eigenvalue weighted by Gasteiger charge is 2.05. The molecule has 2 N–H and O–H groups in total. The molecular weight excluding hydrogens is 172 g/mol. The van der Waals surface area contributed by atoms with Crippen LogP contribution in [0.5, 0.6) is 0 Å². The Morgan fingerprint density at radius 1 is 1.54 bits per heavy atom. The number of hydrazine groups is 1. The van der Waals surface area contributed by atoms with Gasteiger partial charge >= 0.3 is 5.97 Å². The quantitative estimate of drug-likeness (QED) is 0.608. The molecule has 0 atom stereocenters. The minimum Gasteiger partial charge on any atom is -0.480 e. The summed E-state index contributed by atoms with van der Waals surface area (Å²) >= 11 is 0. The Hall–Kier alpha value is -1.52. The van der Waals surface area contributed by atoms with Crippen molar-refractivity contribution in [2.24, 2.45) is 0 Å². The Labute approximate surface area is 77.0 Å². The van der Waals surface area contributed by atoms with Crippen molar-refractivity contribution >= 4 is 11.9 Å². The zero-order valence-corrected chi connectivity index (χ0v) is 7.78. The fourth-order valence-electron chi connectivity index (χ4n) is 0.710. The summed E-state index contributed by atoms with van der Waals surface area (Å²) in [6, 6.07) is 0. The maximum absolute atomic E-state index is 10.6. The molecule has 0 aliphatic heterocycles. The molecule has 0 aromatic carbocycles. The number of amides is 1. The molecule has 5 heteroatoms. The summed E-state index contributed by atoms with van der Waals surface area (Å²) in [5.41, 5.74) is 2.37. The highest BCUT2D eigenvalue weighted by Crippen LogP contribution is 1.87. The second-order valence-electron chi connectivity index (χ2n) is 2.48. The Morgan fingerprint density at radius 2 is 2.15 bits per heavy atom. The average Bonchev–Trinajstić information content (AvgIpc) is 1.98. The van der Waals surface area contributed by atoms with Crippen LogP contribution in [0.3, 0.4) is 0 Å². The number of hydrogen-bond acceptors (Lipinski definition) is 3. The number of hydrogen-bond donors (Lipinski definition) is 2. The third-order valence-corrected chi connectivity index (χ3v) is 1.13. The minimum atomic E-state index is -0.991. The second kappa shape index (κ2) is 6.05. The molecule has 5 nitrogen and oxygen atoms in total. The first kappa shape index (κ1) is 11.5. The lowest BCUT2D eigenvalue weighted by molar-refractivity contribution is -0.139. The third-order valence-electron chi connectivity index (χ3n) is 1.13. The highest BCUT2D eigenvalue weighted by atomic mass is 16.4. The molecule has 0 bridgehead atoms. The van der Waals surface area contributed by atoms with Crippen molar-refractivity contribution in [2.75, 3.05) is 6.54 Å². The summed E-state index contributed by atoms with van der Waals surface area (Å²) in [4.78, 5) is 20.9. The number of carboxylic acids is 1. The molecular formula is C8H14N2O3. The summed E-state index contributed by atoms with van der Waals surface area (Å²) in [5.74, 6) is -1.28. The number of nitrogens with zero attached hydrogens (tertiary/aromatic N) is 1. The smallest absolute Gasteiger partial charge is 0.325 e. The van der Waals surface area contributed by atoms with E-state index in [1.807, 2.05) is 6.92 Å². The molecule has 0 aliphatic rings. The Bertz CT molecular complexity index is 197. The normalized spacial score (nSPS) is 10.0. The summed E-state index contributed by atoms with van der Waals surface area (Å²) in [7, 11) is 0. The molecule has 0 saturated carbocycles. The Kier molecular flexibility index (Phi) is 5.34. The van der Waals surface area contributed by atoms with Crippen LogP contribution in [0, 0.1) is 0 Å². The van der Waals surface area contributed by atoms with Gasteiger partial charge in [0.25, 0.3) is 0 Å². The van der Waals surface area contributed by atoms with Crippen molar-refractivity contribution < 1.29 is 14.7 Å². The number of nitrogens with one attached hydrogen (secondary N) is 1. The zero-order chi connectivity index (χ0) is 10.3. The van der Waals surface area contributed by atoms with Gasteiger partial charge in [-0.05, 0) is 6.42 Å². The first-order valence-corrected chi connectivity index (χ1v) is 3.98. The lowest BCUT2D eigenvalue weighted by atomic mass is 10.4. The van der Waals surface area contributed by atoms with Crippen LogP contribution in [0.25, 0.3) is 0 Å². The summed E-state index contributed by atoms with van der Waals surface area (Å²) < 4.78 is 0. The molecule has 0 aromatic rings. The van der Waals surface area contributed by atoms with E-state index in [0.717, 1.165) is 6.42 Å². The molecule has 0 fully saturated rings. The summed E-state index contributed by atoms with van der Waals surface area (Å²) in [6.07, 6.45) is 4.09. The number of aliphatic carboxylic acids is 1. The maximum atomic E-state index is 10.6. The van der Waals surface area contributed by atoms with Crippen LogP contribution in [-0.2, 0) is 9.59 Å². The van der Waals surface area contributed by atoms with E-state index in [0.29, 0.717) is 0 Å². The Morgan fingerprint density at radius 3 is 2.54 bits per heavy atom. The van der Waals surface area contributed by atoms with Gasteiger partial charge in [-0.25, -0.2) is 0 Å². The van der Waals surface area contributed by atoms with Gasteiger partial charge in [0.2, 0.25) is 5.91 Å². The third kappa shape index (κ3) is 6.86. The predicted octanol–water partition coefficient (Wildman–Crippen LogP) is 0.348. The van der Waals surface area contributed by atoms with Crippen molar-refractivity contribution in [3.63, 3.8) is 0 Å². The molecule has 0 heterocycles. The van der Waals surface area contributed by atoms with Crippen LogP contribution in [-0.4, -0.2) is 28.5 Å². The van der Waals surface area contributed by atoms with Crippen LogP contribution in [0.2, 0.25) is 0 Å². The van der Waals surface area contributed by atoms with Gasteiger partial charge in [0.15, 0.2) is 0 Å². The van der Waals surface area contributed by atoms with Crippen molar-refractivity contribution in [3.05, 3.63) is 12.3 Å². The fraction of sp³-hybridized carbons (Fsp3) is 0.500. The standard InChI is InChI=1S/C8H14N2O3/c1-3-4-5-10(6-8(12)13)9-7(2)11/h4-5H,3,6H2,1-2H3,(H,9,11)(H,12,13). The predicted molar refractivity (Wildman–Crippen MR) is 47.6 cm³/mol. The number of carboxylic acid groups (broad SMARTS) is 1.